The molecule has 0 amide bonds. The standard InChI is InChI=1S/C15H9BrF6O/c16-10-7-5-9(6-8-10)13(23,14(18,19)15(20,21)22)11-3-1-2-4-12(11)17/h1-8,23H. The molecule has 0 aliphatic carbocycles. The number of hydrogen-bond acceptors (Lipinski definition) is 1. The second kappa shape index (κ2) is 5.83. The number of benzene rings is 2. The van der Waals surface area contributed by atoms with Crippen LogP contribution in [0.25, 0.3) is 0 Å². The van der Waals surface area contributed by atoms with Crippen LogP contribution in [0, 0.1) is 5.82 Å². The van der Waals surface area contributed by atoms with Gasteiger partial charge >= 0.3 is 12.1 Å². The largest absolute Gasteiger partial charge is 0.457 e. The highest BCUT2D eigenvalue weighted by Gasteiger charge is 2.71. The van der Waals surface area contributed by atoms with E-state index in [1.807, 2.05) is 0 Å². The highest BCUT2D eigenvalue weighted by Crippen LogP contribution is 2.52. The zero-order valence-corrected chi connectivity index (χ0v) is 12.8. The fourth-order valence-corrected chi connectivity index (χ4v) is 2.42. The maximum absolute atomic E-state index is 14.1. The molecule has 0 spiro atoms. The van der Waals surface area contributed by atoms with Crippen LogP contribution in [-0.2, 0) is 5.60 Å². The van der Waals surface area contributed by atoms with E-state index in [0.717, 1.165) is 24.3 Å². The quantitative estimate of drug-likeness (QED) is 0.719. The van der Waals surface area contributed by atoms with Gasteiger partial charge in [0, 0.05) is 10.0 Å². The highest BCUT2D eigenvalue weighted by molar-refractivity contribution is 9.10. The summed E-state index contributed by atoms with van der Waals surface area (Å²) in [7, 11) is 0. The lowest BCUT2D eigenvalue weighted by Gasteiger charge is -2.37. The van der Waals surface area contributed by atoms with E-state index in [2.05, 4.69) is 15.9 Å². The van der Waals surface area contributed by atoms with E-state index in [1.54, 1.807) is 0 Å². The monoisotopic (exact) mass is 398 g/mol. The van der Waals surface area contributed by atoms with Crippen LogP contribution in [0.5, 0.6) is 0 Å². The third-order valence-corrected chi connectivity index (χ3v) is 3.86. The predicted octanol–water partition coefficient (Wildman–Crippen LogP) is 5.02. The summed E-state index contributed by atoms with van der Waals surface area (Å²) < 4.78 is 81.1. The minimum absolute atomic E-state index is 0.396. The molecule has 1 N–H and O–H groups in total. The van der Waals surface area contributed by atoms with Gasteiger partial charge in [0.15, 0.2) is 5.60 Å². The summed E-state index contributed by atoms with van der Waals surface area (Å²) in [6.45, 7) is 0. The summed E-state index contributed by atoms with van der Waals surface area (Å²) >= 11 is 3.01. The fraction of sp³-hybridized carbons (Fsp3) is 0.200. The summed E-state index contributed by atoms with van der Waals surface area (Å²) in [6, 6.07) is 7.66. The molecular weight excluding hydrogens is 390 g/mol. The molecule has 0 aliphatic rings. The summed E-state index contributed by atoms with van der Waals surface area (Å²) in [5.74, 6) is -6.99. The normalized spacial score (nSPS) is 15.3. The van der Waals surface area contributed by atoms with E-state index in [1.165, 1.54) is 12.1 Å². The first-order valence-corrected chi connectivity index (χ1v) is 6.99. The molecule has 1 unspecified atom stereocenters. The van der Waals surface area contributed by atoms with Crippen molar-refractivity contribution in [2.75, 3.05) is 0 Å². The van der Waals surface area contributed by atoms with E-state index < -0.39 is 34.6 Å². The van der Waals surface area contributed by atoms with Gasteiger partial charge in [-0.3, -0.25) is 0 Å². The Bertz CT molecular complexity index is 698. The Morgan fingerprint density at radius 3 is 1.83 bits per heavy atom. The molecular formula is C15H9BrF6O. The van der Waals surface area contributed by atoms with Crippen molar-refractivity contribution in [1.29, 1.82) is 0 Å². The van der Waals surface area contributed by atoms with Gasteiger partial charge in [-0.1, -0.05) is 46.3 Å². The van der Waals surface area contributed by atoms with Crippen molar-refractivity contribution in [2.45, 2.75) is 17.7 Å². The molecule has 8 heteroatoms. The van der Waals surface area contributed by atoms with Crippen LogP contribution in [0.15, 0.2) is 53.0 Å². The maximum atomic E-state index is 14.1. The smallest absolute Gasteiger partial charge is 0.374 e. The molecule has 0 heterocycles. The Labute approximate surface area is 135 Å². The van der Waals surface area contributed by atoms with E-state index in [4.69, 9.17) is 0 Å². The van der Waals surface area contributed by atoms with Gasteiger partial charge in [0.05, 0.1) is 0 Å². The summed E-state index contributed by atoms with van der Waals surface area (Å²) in [6.07, 6.45) is -6.09. The van der Waals surface area contributed by atoms with Crippen molar-refractivity contribution in [3.63, 3.8) is 0 Å². The van der Waals surface area contributed by atoms with Crippen molar-refractivity contribution in [3.8, 4) is 0 Å². The number of hydrogen-bond donors (Lipinski definition) is 1. The second-order valence-electron chi connectivity index (χ2n) is 4.77. The summed E-state index contributed by atoms with van der Waals surface area (Å²) in [4.78, 5) is 0. The fourth-order valence-electron chi connectivity index (χ4n) is 2.16. The van der Waals surface area contributed by atoms with Crippen LogP contribution in [0.2, 0.25) is 0 Å². The van der Waals surface area contributed by atoms with Crippen LogP contribution in [-0.4, -0.2) is 17.2 Å². The number of aliphatic hydroxyl groups is 1. The topological polar surface area (TPSA) is 20.2 Å². The van der Waals surface area contributed by atoms with Gasteiger partial charge in [0.25, 0.3) is 0 Å². The first-order valence-electron chi connectivity index (χ1n) is 6.20. The third kappa shape index (κ3) is 2.85. The zero-order chi connectivity index (χ0) is 17.5. The van der Waals surface area contributed by atoms with Crippen LogP contribution in [0.1, 0.15) is 11.1 Å². The molecule has 0 fully saturated rings. The molecule has 2 rings (SSSR count). The predicted molar refractivity (Wildman–Crippen MR) is 74.5 cm³/mol. The molecule has 1 nitrogen and oxygen atoms in total. The first-order chi connectivity index (χ1) is 10.5. The average molecular weight is 399 g/mol. The minimum Gasteiger partial charge on any atom is -0.374 e. The Morgan fingerprint density at radius 2 is 1.35 bits per heavy atom. The zero-order valence-electron chi connectivity index (χ0n) is 11.2. The van der Waals surface area contributed by atoms with Crippen molar-refractivity contribution in [2.24, 2.45) is 0 Å². The Morgan fingerprint density at radius 1 is 0.826 bits per heavy atom. The van der Waals surface area contributed by atoms with Crippen molar-refractivity contribution < 1.29 is 31.4 Å². The highest BCUT2D eigenvalue weighted by atomic mass is 79.9. The van der Waals surface area contributed by atoms with E-state index in [-0.39, 0.29) is 0 Å². The lowest BCUT2D eigenvalue weighted by atomic mass is 9.80. The number of alkyl halides is 5. The van der Waals surface area contributed by atoms with Crippen LogP contribution in [0.3, 0.4) is 0 Å². The SMILES string of the molecule is OC(c1ccc(Br)cc1)(c1ccccc1F)C(F)(F)C(F)(F)F. The summed E-state index contributed by atoms with van der Waals surface area (Å²) in [5, 5.41) is 10.4. The van der Waals surface area contributed by atoms with Crippen molar-refractivity contribution in [1.82, 2.24) is 0 Å². The molecule has 0 saturated heterocycles. The molecule has 2 aromatic rings. The van der Waals surface area contributed by atoms with E-state index in [9.17, 15) is 31.4 Å². The molecule has 0 saturated carbocycles. The van der Waals surface area contributed by atoms with Crippen molar-refractivity contribution >= 4 is 15.9 Å². The number of rotatable bonds is 3. The van der Waals surface area contributed by atoms with Crippen LogP contribution >= 0.6 is 15.9 Å². The minimum atomic E-state index is -6.09. The number of halogens is 7. The molecule has 1 atom stereocenters. The molecule has 0 aromatic heterocycles. The van der Waals surface area contributed by atoms with Gasteiger partial charge in [-0.15, -0.1) is 0 Å². The molecule has 124 valence electrons. The molecule has 0 aliphatic heterocycles. The van der Waals surface area contributed by atoms with Crippen molar-refractivity contribution in [3.05, 3.63) is 69.9 Å². The average Bonchev–Trinajstić information content (AvgIpc) is 2.46. The Balaban J connectivity index is 2.80. The van der Waals surface area contributed by atoms with Gasteiger partial charge in [0.1, 0.15) is 5.82 Å². The molecule has 2 aromatic carbocycles. The second-order valence-corrected chi connectivity index (χ2v) is 5.68. The summed E-state index contributed by atoms with van der Waals surface area (Å²) in [5.41, 5.74) is -5.85. The van der Waals surface area contributed by atoms with Crippen LogP contribution in [0.4, 0.5) is 26.3 Å². The van der Waals surface area contributed by atoms with Gasteiger partial charge in [-0.2, -0.15) is 22.0 Å². The lowest BCUT2D eigenvalue weighted by molar-refractivity contribution is -0.337. The lowest BCUT2D eigenvalue weighted by Crippen LogP contribution is -2.56. The maximum Gasteiger partial charge on any atom is 0.457 e. The first kappa shape index (κ1) is 17.8. The van der Waals surface area contributed by atoms with Crippen LogP contribution < -0.4 is 0 Å². The Hall–Kier alpha value is -1.54. The molecule has 0 bridgehead atoms. The van der Waals surface area contributed by atoms with Gasteiger partial charge < -0.3 is 5.11 Å². The Kier molecular flexibility index (Phi) is 4.51. The van der Waals surface area contributed by atoms with Gasteiger partial charge in [-0.05, 0) is 23.8 Å². The molecule has 0 radical (unpaired) electrons. The van der Waals surface area contributed by atoms with Gasteiger partial charge in [-0.25, -0.2) is 4.39 Å². The van der Waals surface area contributed by atoms with Gasteiger partial charge in [0.2, 0.25) is 0 Å². The van der Waals surface area contributed by atoms with E-state index >= 15 is 0 Å². The third-order valence-electron chi connectivity index (χ3n) is 3.34. The molecule has 23 heavy (non-hydrogen) atoms. The van der Waals surface area contributed by atoms with E-state index in [0.29, 0.717) is 16.6 Å².